The predicted octanol–water partition coefficient (Wildman–Crippen LogP) is 3.10. The lowest BCUT2D eigenvalue weighted by Crippen LogP contribution is -2.41. The number of halogens is 1. The molecule has 1 N–H and O–H groups in total. The van der Waals surface area contributed by atoms with Crippen molar-refractivity contribution in [3.63, 3.8) is 0 Å². The zero-order chi connectivity index (χ0) is 14.7. The lowest BCUT2D eigenvalue weighted by molar-refractivity contribution is -0.126. The number of carbonyl (C=O) groups excluding carboxylic acids is 1. The van der Waals surface area contributed by atoms with Crippen LogP contribution in [0.4, 0.5) is 0 Å². The summed E-state index contributed by atoms with van der Waals surface area (Å²) in [4.78, 5) is 14.5. The van der Waals surface area contributed by atoms with Gasteiger partial charge in [-0.05, 0) is 56.0 Å². The Hall–Kier alpha value is -1.32. The number of nitrogens with zero attached hydrogens (tertiary/aromatic N) is 1. The van der Waals surface area contributed by atoms with Crippen LogP contribution in [0.3, 0.4) is 0 Å². The quantitative estimate of drug-likeness (QED) is 0.848. The van der Waals surface area contributed by atoms with Crippen molar-refractivity contribution < 1.29 is 4.79 Å². The van der Waals surface area contributed by atoms with Crippen LogP contribution in [0.5, 0.6) is 0 Å². The number of hydrogen-bond acceptors (Lipinski definition) is 2. The van der Waals surface area contributed by atoms with E-state index in [1.807, 2.05) is 35.2 Å². The fourth-order valence-electron chi connectivity index (χ4n) is 2.79. The molecule has 0 radical (unpaired) electrons. The molecular formula is C17H21ClN2O. The predicted molar refractivity (Wildman–Crippen MR) is 86.2 cm³/mol. The van der Waals surface area contributed by atoms with Gasteiger partial charge in [0, 0.05) is 29.7 Å². The second kappa shape index (κ2) is 6.63. The molecule has 1 saturated carbocycles. The van der Waals surface area contributed by atoms with E-state index in [1.54, 1.807) is 6.08 Å². The first-order valence-electron chi connectivity index (χ1n) is 7.70. The van der Waals surface area contributed by atoms with E-state index in [0.717, 1.165) is 31.5 Å². The molecule has 0 aromatic heterocycles. The minimum Gasteiger partial charge on any atom is -0.335 e. The molecule has 4 heteroatoms. The van der Waals surface area contributed by atoms with E-state index in [-0.39, 0.29) is 5.91 Å². The Kier molecular flexibility index (Phi) is 4.61. The summed E-state index contributed by atoms with van der Waals surface area (Å²) in [5.74, 6) is 0.126. The van der Waals surface area contributed by atoms with Gasteiger partial charge in [-0.2, -0.15) is 0 Å². The Labute approximate surface area is 131 Å². The van der Waals surface area contributed by atoms with Gasteiger partial charge in [0.2, 0.25) is 5.91 Å². The van der Waals surface area contributed by atoms with Crippen molar-refractivity contribution in [2.75, 3.05) is 13.1 Å². The summed E-state index contributed by atoms with van der Waals surface area (Å²) in [5.41, 5.74) is 1.00. The van der Waals surface area contributed by atoms with Gasteiger partial charge < -0.3 is 10.2 Å². The summed E-state index contributed by atoms with van der Waals surface area (Å²) in [6, 6.07) is 8.45. The van der Waals surface area contributed by atoms with Crippen molar-refractivity contribution in [2.45, 2.75) is 37.8 Å². The van der Waals surface area contributed by atoms with Crippen LogP contribution in [0.1, 0.15) is 31.2 Å². The molecule has 1 heterocycles. The van der Waals surface area contributed by atoms with Crippen molar-refractivity contribution in [3.05, 3.63) is 40.9 Å². The fraction of sp³-hybridized carbons (Fsp3) is 0.471. The summed E-state index contributed by atoms with van der Waals surface area (Å²) in [6.45, 7) is 1.92. The minimum atomic E-state index is 0.126. The van der Waals surface area contributed by atoms with Gasteiger partial charge in [-0.1, -0.05) is 23.7 Å². The zero-order valence-corrected chi connectivity index (χ0v) is 12.9. The maximum absolute atomic E-state index is 12.4. The molecule has 1 amide bonds. The van der Waals surface area contributed by atoms with E-state index >= 15 is 0 Å². The number of hydrogen-bond donors (Lipinski definition) is 1. The van der Waals surface area contributed by atoms with E-state index in [4.69, 9.17) is 11.6 Å². The minimum absolute atomic E-state index is 0.126. The average molecular weight is 305 g/mol. The Balaban J connectivity index is 1.62. The molecule has 3 nitrogen and oxygen atoms in total. The maximum Gasteiger partial charge on any atom is 0.246 e. The molecule has 1 aliphatic heterocycles. The van der Waals surface area contributed by atoms with Crippen LogP contribution in [-0.4, -0.2) is 36.0 Å². The molecule has 1 atom stereocenters. The molecule has 21 heavy (non-hydrogen) atoms. The molecule has 0 bridgehead atoms. The number of nitrogens with one attached hydrogen (secondary N) is 1. The van der Waals surface area contributed by atoms with Crippen molar-refractivity contribution in [1.82, 2.24) is 10.2 Å². The van der Waals surface area contributed by atoms with Gasteiger partial charge in [-0.3, -0.25) is 4.79 Å². The smallest absolute Gasteiger partial charge is 0.246 e. The van der Waals surface area contributed by atoms with Crippen molar-refractivity contribution >= 4 is 23.6 Å². The summed E-state index contributed by atoms with van der Waals surface area (Å²) in [5, 5.41) is 4.19. The van der Waals surface area contributed by atoms with Crippen molar-refractivity contribution in [1.29, 1.82) is 0 Å². The SMILES string of the molecule is O=C(/C=C/c1ccc(Cl)cc1)N(CC1CCCN1)C1CC1. The highest BCUT2D eigenvalue weighted by atomic mass is 35.5. The molecule has 1 saturated heterocycles. The average Bonchev–Trinajstić information content (AvgIpc) is 3.20. The third-order valence-electron chi connectivity index (χ3n) is 4.14. The molecular weight excluding hydrogens is 284 g/mol. The number of rotatable bonds is 5. The van der Waals surface area contributed by atoms with E-state index in [1.165, 1.54) is 12.8 Å². The molecule has 0 spiro atoms. The highest BCUT2D eigenvalue weighted by Crippen LogP contribution is 2.28. The molecule has 1 aromatic carbocycles. The van der Waals surface area contributed by atoms with Gasteiger partial charge in [0.1, 0.15) is 0 Å². The van der Waals surface area contributed by atoms with E-state index in [9.17, 15) is 4.79 Å². The molecule has 3 rings (SSSR count). The van der Waals surface area contributed by atoms with E-state index < -0.39 is 0 Å². The topological polar surface area (TPSA) is 32.3 Å². The molecule has 1 aromatic rings. The molecule has 112 valence electrons. The van der Waals surface area contributed by atoms with Gasteiger partial charge in [0.05, 0.1) is 0 Å². The summed E-state index contributed by atoms with van der Waals surface area (Å²) in [6.07, 6.45) is 8.25. The van der Waals surface area contributed by atoms with Gasteiger partial charge in [-0.25, -0.2) is 0 Å². The Morgan fingerprint density at radius 3 is 2.67 bits per heavy atom. The fourth-order valence-corrected chi connectivity index (χ4v) is 2.92. The Bertz CT molecular complexity index is 516. The Morgan fingerprint density at radius 2 is 2.05 bits per heavy atom. The van der Waals surface area contributed by atoms with Crippen LogP contribution < -0.4 is 5.32 Å². The first kappa shape index (κ1) is 14.6. The van der Waals surface area contributed by atoms with Crippen LogP contribution in [0, 0.1) is 0 Å². The Morgan fingerprint density at radius 1 is 1.29 bits per heavy atom. The summed E-state index contributed by atoms with van der Waals surface area (Å²) in [7, 11) is 0. The molecule has 2 aliphatic rings. The number of carbonyl (C=O) groups is 1. The highest BCUT2D eigenvalue weighted by Gasteiger charge is 2.33. The van der Waals surface area contributed by atoms with E-state index in [2.05, 4.69) is 5.32 Å². The number of benzene rings is 1. The van der Waals surface area contributed by atoms with Crippen LogP contribution >= 0.6 is 11.6 Å². The monoisotopic (exact) mass is 304 g/mol. The van der Waals surface area contributed by atoms with Crippen LogP contribution in [-0.2, 0) is 4.79 Å². The standard InChI is InChI=1S/C17H21ClN2O/c18-14-6-3-13(4-7-14)5-10-17(21)20(16-8-9-16)12-15-2-1-11-19-15/h3-7,10,15-16,19H,1-2,8-9,11-12H2/b10-5+. The maximum atomic E-state index is 12.4. The van der Waals surface area contributed by atoms with E-state index in [0.29, 0.717) is 17.1 Å². The lowest BCUT2D eigenvalue weighted by atomic mass is 10.2. The zero-order valence-electron chi connectivity index (χ0n) is 12.1. The molecule has 2 fully saturated rings. The van der Waals surface area contributed by atoms with Crippen LogP contribution in [0.25, 0.3) is 6.08 Å². The molecule has 1 aliphatic carbocycles. The second-order valence-electron chi connectivity index (χ2n) is 5.90. The van der Waals surface area contributed by atoms with Crippen LogP contribution in [0.15, 0.2) is 30.3 Å². The van der Waals surface area contributed by atoms with Gasteiger partial charge in [0.15, 0.2) is 0 Å². The lowest BCUT2D eigenvalue weighted by Gasteiger charge is -2.24. The molecule has 1 unspecified atom stereocenters. The van der Waals surface area contributed by atoms with Gasteiger partial charge in [0.25, 0.3) is 0 Å². The number of amides is 1. The second-order valence-corrected chi connectivity index (χ2v) is 6.34. The highest BCUT2D eigenvalue weighted by molar-refractivity contribution is 6.30. The normalized spacial score (nSPS) is 21.9. The summed E-state index contributed by atoms with van der Waals surface area (Å²) >= 11 is 5.86. The van der Waals surface area contributed by atoms with Crippen molar-refractivity contribution in [2.24, 2.45) is 0 Å². The van der Waals surface area contributed by atoms with Gasteiger partial charge >= 0.3 is 0 Å². The summed E-state index contributed by atoms with van der Waals surface area (Å²) < 4.78 is 0. The van der Waals surface area contributed by atoms with Crippen molar-refractivity contribution in [3.8, 4) is 0 Å². The third-order valence-corrected chi connectivity index (χ3v) is 4.39. The van der Waals surface area contributed by atoms with Crippen LogP contribution in [0.2, 0.25) is 5.02 Å². The third kappa shape index (κ3) is 4.08. The first-order valence-corrected chi connectivity index (χ1v) is 8.08. The largest absolute Gasteiger partial charge is 0.335 e. The van der Waals surface area contributed by atoms with Gasteiger partial charge in [-0.15, -0.1) is 0 Å². The first-order chi connectivity index (χ1) is 10.2.